The number of hydrogen-bond donors (Lipinski definition) is 2. The summed E-state index contributed by atoms with van der Waals surface area (Å²) < 4.78 is 0. The van der Waals surface area contributed by atoms with Gasteiger partial charge in [-0.2, -0.15) is 0 Å². The van der Waals surface area contributed by atoms with E-state index in [1.165, 1.54) is 0 Å². The van der Waals surface area contributed by atoms with Crippen molar-refractivity contribution in [1.29, 1.82) is 5.41 Å². The molecule has 17 heavy (non-hydrogen) atoms. The molecular weight excluding hydrogens is 234 g/mol. The molecule has 0 radical (unpaired) electrons. The zero-order valence-electron chi connectivity index (χ0n) is 9.42. The van der Waals surface area contributed by atoms with Gasteiger partial charge in [0.15, 0.2) is 0 Å². The minimum atomic E-state index is 0.0516. The normalized spacial score (nSPS) is 10.2. The van der Waals surface area contributed by atoms with Crippen LogP contribution in [0, 0.1) is 5.41 Å². The van der Waals surface area contributed by atoms with Gasteiger partial charge in [-0.05, 0) is 12.1 Å². The summed E-state index contributed by atoms with van der Waals surface area (Å²) in [5.41, 5.74) is 8.94. The third-order valence-corrected chi connectivity index (χ3v) is 2.97. The van der Waals surface area contributed by atoms with Gasteiger partial charge in [0.1, 0.15) is 11.7 Å². The highest BCUT2D eigenvalue weighted by molar-refractivity contribution is 7.07. The van der Waals surface area contributed by atoms with Gasteiger partial charge in [0.2, 0.25) is 0 Å². The van der Waals surface area contributed by atoms with Crippen molar-refractivity contribution in [2.75, 3.05) is 11.9 Å². The van der Waals surface area contributed by atoms with Gasteiger partial charge in [-0.15, -0.1) is 11.3 Å². The average Bonchev–Trinajstić information content (AvgIpc) is 2.82. The van der Waals surface area contributed by atoms with E-state index < -0.39 is 0 Å². The fourth-order valence-electron chi connectivity index (χ4n) is 1.43. The summed E-state index contributed by atoms with van der Waals surface area (Å²) in [6.07, 6.45) is 1.66. The third-order valence-electron chi connectivity index (χ3n) is 2.33. The number of rotatable bonds is 4. The van der Waals surface area contributed by atoms with Crippen LogP contribution in [0.25, 0.3) is 0 Å². The Morgan fingerprint density at radius 3 is 3.00 bits per heavy atom. The minimum Gasteiger partial charge on any atom is -0.384 e. The summed E-state index contributed by atoms with van der Waals surface area (Å²) in [5.74, 6) is 0.835. The molecule has 0 amide bonds. The number of aromatic nitrogens is 2. The summed E-state index contributed by atoms with van der Waals surface area (Å²) in [5, 5.41) is 9.40. The van der Waals surface area contributed by atoms with Crippen molar-refractivity contribution < 1.29 is 0 Å². The molecular formula is C11H13N5S. The number of hydrogen-bond acceptors (Lipinski definition) is 5. The van der Waals surface area contributed by atoms with E-state index in [-0.39, 0.29) is 5.84 Å². The lowest BCUT2D eigenvalue weighted by Crippen LogP contribution is -2.19. The average molecular weight is 247 g/mol. The predicted molar refractivity (Wildman–Crippen MR) is 69.5 cm³/mol. The molecule has 0 aliphatic carbocycles. The second-order valence-electron chi connectivity index (χ2n) is 3.65. The van der Waals surface area contributed by atoms with Crippen LogP contribution in [0.4, 0.5) is 5.82 Å². The number of nitrogen functional groups attached to an aromatic ring is 1. The fraction of sp³-hybridized carbons (Fsp3) is 0.182. The molecule has 0 atom stereocenters. The zero-order chi connectivity index (χ0) is 12.3. The Morgan fingerprint density at radius 1 is 1.53 bits per heavy atom. The van der Waals surface area contributed by atoms with Gasteiger partial charge in [-0.3, -0.25) is 5.41 Å². The summed E-state index contributed by atoms with van der Waals surface area (Å²) in [6, 6.07) is 3.53. The number of anilines is 1. The van der Waals surface area contributed by atoms with E-state index in [1.54, 1.807) is 29.7 Å². The summed E-state index contributed by atoms with van der Waals surface area (Å²) in [7, 11) is 1.94. The lowest BCUT2D eigenvalue weighted by atomic mass is 10.2. The highest BCUT2D eigenvalue weighted by atomic mass is 32.1. The van der Waals surface area contributed by atoms with Crippen LogP contribution in [0.15, 0.2) is 29.2 Å². The summed E-state index contributed by atoms with van der Waals surface area (Å²) in [4.78, 5) is 10.4. The van der Waals surface area contributed by atoms with Crippen LogP contribution in [-0.4, -0.2) is 22.9 Å². The topological polar surface area (TPSA) is 78.9 Å². The van der Waals surface area contributed by atoms with E-state index in [4.69, 9.17) is 11.1 Å². The van der Waals surface area contributed by atoms with Crippen molar-refractivity contribution in [3.63, 3.8) is 0 Å². The zero-order valence-corrected chi connectivity index (χ0v) is 10.2. The monoisotopic (exact) mass is 247 g/mol. The molecule has 0 spiro atoms. The first-order valence-corrected chi connectivity index (χ1v) is 6.00. The van der Waals surface area contributed by atoms with Gasteiger partial charge in [0.25, 0.3) is 0 Å². The largest absolute Gasteiger partial charge is 0.384 e. The lowest BCUT2D eigenvalue weighted by Gasteiger charge is -2.17. The van der Waals surface area contributed by atoms with Crippen molar-refractivity contribution in [3.8, 4) is 0 Å². The fourth-order valence-corrected chi connectivity index (χ4v) is 1.98. The molecule has 0 aliphatic heterocycles. The lowest BCUT2D eigenvalue weighted by molar-refractivity contribution is 0.874. The Balaban J connectivity index is 2.16. The van der Waals surface area contributed by atoms with Crippen LogP contribution in [0.3, 0.4) is 0 Å². The molecule has 0 aromatic carbocycles. The Labute approximate surface area is 103 Å². The molecule has 5 nitrogen and oxygen atoms in total. The SMILES string of the molecule is CN(Cc1cscn1)c1cc(C(=N)N)ccn1. The molecule has 6 heteroatoms. The molecule has 0 fully saturated rings. The molecule has 88 valence electrons. The Bertz CT molecular complexity index is 508. The maximum absolute atomic E-state index is 7.39. The van der Waals surface area contributed by atoms with E-state index in [2.05, 4.69) is 9.97 Å². The van der Waals surface area contributed by atoms with Gasteiger partial charge in [0, 0.05) is 24.2 Å². The van der Waals surface area contributed by atoms with E-state index in [9.17, 15) is 0 Å². The molecule has 2 aromatic heterocycles. The van der Waals surface area contributed by atoms with Crippen LogP contribution >= 0.6 is 11.3 Å². The molecule has 3 N–H and O–H groups in total. The van der Waals surface area contributed by atoms with E-state index >= 15 is 0 Å². The van der Waals surface area contributed by atoms with Crippen LogP contribution in [-0.2, 0) is 6.54 Å². The maximum atomic E-state index is 7.39. The van der Waals surface area contributed by atoms with Crippen LogP contribution in [0.1, 0.15) is 11.3 Å². The van der Waals surface area contributed by atoms with Gasteiger partial charge >= 0.3 is 0 Å². The van der Waals surface area contributed by atoms with E-state index in [0.29, 0.717) is 12.1 Å². The molecule has 0 saturated carbocycles. The quantitative estimate of drug-likeness (QED) is 0.633. The van der Waals surface area contributed by atoms with E-state index in [1.807, 2.05) is 22.8 Å². The number of amidine groups is 1. The molecule has 0 saturated heterocycles. The van der Waals surface area contributed by atoms with Crippen molar-refractivity contribution in [2.45, 2.75) is 6.54 Å². The standard InChI is InChI=1S/C11H13N5S/c1-16(5-9-6-17-7-15-9)10-4-8(11(12)13)2-3-14-10/h2-4,6-7H,5H2,1H3,(H3,12,13). The molecule has 2 heterocycles. The number of nitrogens with one attached hydrogen (secondary N) is 1. The Kier molecular flexibility index (Phi) is 3.34. The van der Waals surface area contributed by atoms with Gasteiger partial charge < -0.3 is 10.6 Å². The Hall–Kier alpha value is -1.95. The van der Waals surface area contributed by atoms with Gasteiger partial charge in [-0.25, -0.2) is 9.97 Å². The number of pyridine rings is 1. The number of thiazole rings is 1. The highest BCUT2D eigenvalue weighted by Gasteiger charge is 2.06. The van der Waals surface area contributed by atoms with Crippen LogP contribution in [0.2, 0.25) is 0 Å². The van der Waals surface area contributed by atoms with Gasteiger partial charge in [0.05, 0.1) is 17.7 Å². The second-order valence-corrected chi connectivity index (χ2v) is 4.37. The first-order chi connectivity index (χ1) is 8.16. The minimum absolute atomic E-state index is 0.0516. The van der Waals surface area contributed by atoms with E-state index in [0.717, 1.165) is 11.5 Å². The second kappa shape index (κ2) is 4.92. The summed E-state index contributed by atoms with van der Waals surface area (Å²) >= 11 is 1.57. The molecule has 0 bridgehead atoms. The van der Waals surface area contributed by atoms with Crippen molar-refractivity contribution >= 4 is 23.0 Å². The number of nitrogens with zero attached hydrogens (tertiary/aromatic N) is 3. The molecule has 0 aliphatic rings. The third kappa shape index (κ3) is 2.79. The summed E-state index contributed by atoms with van der Waals surface area (Å²) in [6.45, 7) is 0.692. The van der Waals surface area contributed by atoms with Crippen molar-refractivity contribution in [1.82, 2.24) is 9.97 Å². The Morgan fingerprint density at radius 2 is 2.35 bits per heavy atom. The molecule has 0 unspecified atom stereocenters. The number of nitrogens with two attached hydrogens (primary N) is 1. The molecule has 2 rings (SSSR count). The first kappa shape index (κ1) is 11.5. The van der Waals surface area contributed by atoms with Crippen LogP contribution in [0.5, 0.6) is 0 Å². The van der Waals surface area contributed by atoms with Crippen LogP contribution < -0.4 is 10.6 Å². The highest BCUT2D eigenvalue weighted by Crippen LogP contribution is 2.14. The maximum Gasteiger partial charge on any atom is 0.129 e. The van der Waals surface area contributed by atoms with Crippen molar-refractivity contribution in [2.24, 2.45) is 5.73 Å². The smallest absolute Gasteiger partial charge is 0.129 e. The predicted octanol–water partition coefficient (Wildman–Crippen LogP) is 1.46. The van der Waals surface area contributed by atoms with Crippen molar-refractivity contribution in [3.05, 3.63) is 40.5 Å². The molecule has 2 aromatic rings. The van der Waals surface area contributed by atoms with Gasteiger partial charge in [-0.1, -0.05) is 0 Å². The first-order valence-electron chi connectivity index (χ1n) is 5.05.